The van der Waals surface area contributed by atoms with Gasteiger partial charge in [0.1, 0.15) is 0 Å². The Labute approximate surface area is 95.8 Å². The zero-order valence-electron chi connectivity index (χ0n) is 9.75. The van der Waals surface area contributed by atoms with Gasteiger partial charge in [-0.2, -0.15) is 0 Å². The van der Waals surface area contributed by atoms with E-state index in [1.807, 2.05) is 25.1 Å². The van der Waals surface area contributed by atoms with Gasteiger partial charge < -0.3 is 10.1 Å². The Morgan fingerprint density at radius 3 is 2.94 bits per heavy atom. The van der Waals surface area contributed by atoms with E-state index < -0.39 is 0 Å². The molecule has 0 aromatic heterocycles. The summed E-state index contributed by atoms with van der Waals surface area (Å²) in [6, 6.07) is 6.00. The van der Waals surface area contributed by atoms with Crippen molar-refractivity contribution in [1.29, 1.82) is 0 Å². The SMILES string of the molecule is CCC(C)NC(=O)c1ccc2c(c1)COC2. The number of hydrogen-bond donors (Lipinski definition) is 1. The zero-order chi connectivity index (χ0) is 11.5. The first-order chi connectivity index (χ1) is 7.70. The minimum absolute atomic E-state index is 0.00375. The van der Waals surface area contributed by atoms with Gasteiger partial charge >= 0.3 is 0 Å². The van der Waals surface area contributed by atoms with Crippen molar-refractivity contribution < 1.29 is 9.53 Å². The summed E-state index contributed by atoms with van der Waals surface area (Å²) in [5.41, 5.74) is 3.06. The molecular weight excluding hydrogens is 202 g/mol. The molecule has 1 amide bonds. The molecule has 0 radical (unpaired) electrons. The fourth-order valence-corrected chi connectivity index (χ4v) is 1.72. The van der Waals surface area contributed by atoms with Crippen LogP contribution in [0, 0.1) is 0 Å². The Kier molecular flexibility index (Phi) is 3.25. The van der Waals surface area contributed by atoms with Crippen LogP contribution in [0.25, 0.3) is 0 Å². The largest absolute Gasteiger partial charge is 0.372 e. The van der Waals surface area contributed by atoms with Crippen molar-refractivity contribution in [3.63, 3.8) is 0 Å². The van der Waals surface area contributed by atoms with E-state index in [1.54, 1.807) is 0 Å². The first-order valence-corrected chi connectivity index (χ1v) is 5.71. The van der Waals surface area contributed by atoms with Gasteiger partial charge in [0.25, 0.3) is 5.91 Å². The van der Waals surface area contributed by atoms with Crippen LogP contribution in [0.2, 0.25) is 0 Å². The van der Waals surface area contributed by atoms with Gasteiger partial charge in [-0.15, -0.1) is 0 Å². The normalized spacial score (nSPS) is 15.6. The lowest BCUT2D eigenvalue weighted by atomic mass is 10.1. The number of hydrogen-bond acceptors (Lipinski definition) is 2. The van der Waals surface area contributed by atoms with Gasteiger partial charge in [0, 0.05) is 11.6 Å². The van der Waals surface area contributed by atoms with Crippen LogP contribution >= 0.6 is 0 Å². The van der Waals surface area contributed by atoms with Crippen molar-refractivity contribution in [3.05, 3.63) is 34.9 Å². The van der Waals surface area contributed by atoms with Gasteiger partial charge in [0.15, 0.2) is 0 Å². The second kappa shape index (κ2) is 4.66. The average molecular weight is 219 g/mol. The predicted octanol–water partition coefficient (Wildman–Crippen LogP) is 2.25. The van der Waals surface area contributed by atoms with E-state index in [-0.39, 0.29) is 11.9 Å². The highest BCUT2D eigenvalue weighted by atomic mass is 16.5. The molecule has 0 saturated carbocycles. The molecule has 1 unspecified atom stereocenters. The summed E-state index contributed by atoms with van der Waals surface area (Å²) in [5.74, 6) is 0.00375. The first-order valence-electron chi connectivity index (χ1n) is 5.71. The quantitative estimate of drug-likeness (QED) is 0.846. The van der Waals surface area contributed by atoms with E-state index in [0.29, 0.717) is 13.2 Å². The molecule has 3 heteroatoms. The number of rotatable bonds is 3. The van der Waals surface area contributed by atoms with E-state index in [1.165, 1.54) is 5.56 Å². The summed E-state index contributed by atoms with van der Waals surface area (Å²) >= 11 is 0. The van der Waals surface area contributed by atoms with Gasteiger partial charge in [-0.05, 0) is 36.6 Å². The Balaban J connectivity index is 2.12. The molecule has 0 bridgehead atoms. The topological polar surface area (TPSA) is 38.3 Å². The summed E-state index contributed by atoms with van der Waals surface area (Å²) in [6.07, 6.45) is 0.944. The average Bonchev–Trinajstić information content (AvgIpc) is 2.75. The Hall–Kier alpha value is -1.35. The van der Waals surface area contributed by atoms with Crippen molar-refractivity contribution in [1.82, 2.24) is 5.32 Å². The number of benzene rings is 1. The number of carbonyl (C=O) groups is 1. The van der Waals surface area contributed by atoms with Crippen LogP contribution in [0.15, 0.2) is 18.2 Å². The fourth-order valence-electron chi connectivity index (χ4n) is 1.72. The van der Waals surface area contributed by atoms with Crippen LogP contribution in [0.3, 0.4) is 0 Å². The molecule has 1 aromatic carbocycles. The molecule has 0 fully saturated rings. The van der Waals surface area contributed by atoms with Crippen molar-refractivity contribution in [3.8, 4) is 0 Å². The third-order valence-corrected chi connectivity index (χ3v) is 2.97. The van der Waals surface area contributed by atoms with E-state index >= 15 is 0 Å². The molecule has 0 aliphatic carbocycles. The summed E-state index contributed by atoms with van der Waals surface area (Å²) in [4.78, 5) is 11.9. The van der Waals surface area contributed by atoms with E-state index in [2.05, 4.69) is 12.2 Å². The van der Waals surface area contributed by atoms with Crippen LogP contribution in [0.4, 0.5) is 0 Å². The maximum atomic E-state index is 11.9. The summed E-state index contributed by atoms with van der Waals surface area (Å²) < 4.78 is 5.32. The lowest BCUT2D eigenvalue weighted by molar-refractivity contribution is 0.0939. The number of fused-ring (bicyclic) bond motifs is 1. The Morgan fingerprint density at radius 1 is 1.44 bits per heavy atom. The maximum Gasteiger partial charge on any atom is 0.251 e. The minimum atomic E-state index is 0.00375. The van der Waals surface area contributed by atoms with Crippen molar-refractivity contribution in [2.75, 3.05) is 0 Å². The molecular formula is C13H17NO2. The van der Waals surface area contributed by atoms with Gasteiger partial charge in [-0.1, -0.05) is 13.0 Å². The van der Waals surface area contributed by atoms with Gasteiger partial charge in [0.05, 0.1) is 13.2 Å². The van der Waals surface area contributed by atoms with Crippen LogP contribution in [-0.2, 0) is 18.0 Å². The molecule has 86 valence electrons. The van der Waals surface area contributed by atoms with Crippen LogP contribution < -0.4 is 5.32 Å². The highest BCUT2D eigenvalue weighted by Gasteiger charge is 2.14. The van der Waals surface area contributed by atoms with Gasteiger partial charge in [-0.25, -0.2) is 0 Å². The van der Waals surface area contributed by atoms with Crippen LogP contribution in [0.5, 0.6) is 0 Å². The number of ether oxygens (including phenoxy) is 1. The predicted molar refractivity (Wildman–Crippen MR) is 62.2 cm³/mol. The smallest absolute Gasteiger partial charge is 0.251 e. The zero-order valence-corrected chi connectivity index (χ0v) is 9.75. The minimum Gasteiger partial charge on any atom is -0.372 e. The summed E-state index contributed by atoms with van der Waals surface area (Å²) in [7, 11) is 0. The molecule has 1 aliphatic rings. The molecule has 2 rings (SSSR count). The maximum absolute atomic E-state index is 11.9. The molecule has 1 N–H and O–H groups in total. The standard InChI is InChI=1S/C13H17NO2/c1-3-9(2)14-13(15)10-4-5-11-7-16-8-12(11)6-10/h4-6,9H,3,7-8H2,1-2H3,(H,14,15). The van der Waals surface area contributed by atoms with Crippen molar-refractivity contribution in [2.45, 2.75) is 39.5 Å². The van der Waals surface area contributed by atoms with E-state index in [9.17, 15) is 4.79 Å². The molecule has 1 heterocycles. The van der Waals surface area contributed by atoms with Crippen LogP contribution in [-0.4, -0.2) is 11.9 Å². The Morgan fingerprint density at radius 2 is 2.19 bits per heavy atom. The molecule has 0 saturated heterocycles. The van der Waals surface area contributed by atoms with Crippen molar-refractivity contribution >= 4 is 5.91 Å². The molecule has 0 spiro atoms. The number of nitrogens with one attached hydrogen (secondary N) is 1. The first kappa shape index (κ1) is 11.1. The molecule has 1 aliphatic heterocycles. The highest BCUT2D eigenvalue weighted by molar-refractivity contribution is 5.94. The highest BCUT2D eigenvalue weighted by Crippen LogP contribution is 2.20. The van der Waals surface area contributed by atoms with Crippen molar-refractivity contribution in [2.24, 2.45) is 0 Å². The molecule has 16 heavy (non-hydrogen) atoms. The summed E-state index contributed by atoms with van der Waals surface area (Å²) in [6.45, 7) is 5.36. The lowest BCUT2D eigenvalue weighted by Crippen LogP contribution is -2.31. The van der Waals surface area contributed by atoms with Gasteiger partial charge in [-0.3, -0.25) is 4.79 Å². The van der Waals surface area contributed by atoms with Gasteiger partial charge in [0.2, 0.25) is 0 Å². The van der Waals surface area contributed by atoms with Crippen LogP contribution in [0.1, 0.15) is 41.8 Å². The molecule has 3 nitrogen and oxygen atoms in total. The third-order valence-electron chi connectivity index (χ3n) is 2.97. The Bertz CT molecular complexity index is 401. The monoisotopic (exact) mass is 219 g/mol. The number of carbonyl (C=O) groups excluding carboxylic acids is 1. The lowest BCUT2D eigenvalue weighted by Gasteiger charge is -2.11. The molecule has 1 aromatic rings. The second-order valence-electron chi connectivity index (χ2n) is 4.26. The fraction of sp³-hybridized carbons (Fsp3) is 0.462. The van der Waals surface area contributed by atoms with E-state index in [0.717, 1.165) is 17.5 Å². The third kappa shape index (κ3) is 2.25. The summed E-state index contributed by atoms with van der Waals surface area (Å²) in [5, 5.41) is 2.96. The number of amides is 1. The molecule has 1 atom stereocenters. The second-order valence-corrected chi connectivity index (χ2v) is 4.26. The van der Waals surface area contributed by atoms with E-state index in [4.69, 9.17) is 4.74 Å².